The van der Waals surface area contributed by atoms with Gasteiger partial charge in [-0.3, -0.25) is 0 Å². The van der Waals surface area contributed by atoms with E-state index in [4.69, 9.17) is 5.11 Å². The zero-order valence-electron chi connectivity index (χ0n) is 9.72. The van der Waals surface area contributed by atoms with Gasteiger partial charge >= 0.3 is 5.97 Å². The Morgan fingerprint density at radius 3 is 2.89 bits per heavy atom. The van der Waals surface area contributed by atoms with Gasteiger partial charge in [0, 0.05) is 0 Å². The molecule has 0 atom stereocenters. The van der Waals surface area contributed by atoms with Crippen molar-refractivity contribution in [2.45, 2.75) is 12.8 Å². The van der Waals surface area contributed by atoms with Gasteiger partial charge in [-0.05, 0) is 64.1 Å². The fourth-order valence-corrected chi connectivity index (χ4v) is 3.01. The van der Waals surface area contributed by atoms with Crippen LogP contribution in [0.25, 0.3) is 5.57 Å². The molecule has 0 bridgehead atoms. The molecule has 90 valence electrons. The number of benzene rings is 1. The molecule has 1 N–H and O–H groups in total. The number of hydrogen-bond acceptors (Lipinski definition) is 2. The average Bonchev–Trinajstić information content (AvgIpc) is 2.91. The van der Waals surface area contributed by atoms with Gasteiger partial charge in [0.1, 0.15) is 0 Å². The largest absolute Gasteiger partial charge is 0.478 e. The van der Waals surface area contributed by atoms with Gasteiger partial charge in [-0.2, -0.15) is 11.3 Å². The summed E-state index contributed by atoms with van der Waals surface area (Å²) in [4.78, 5) is 11.1. The summed E-state index contributed by atoms with van der Waals surface area (Å²) in [5, 5.41) is 13.2. The Balaban J connectivity index is 2.14. The van der Waals surface area contributed by atoms with Crippen molar-refractivity contribution in [2.75, 3.05) is 0 Å². The van der Waals surface area contributed by atoms with Crippen molar-refractivity contribution < 1.29 is 9.90 Å². The van der Waals surface area contributed by atoms with Crippen LogP contribution in [0, 0.1) is 0 Å². The Bertz CT molecular complexity index is 624. The minimum atomic E-state index is -0.868. The molecular formula is C15H12O2S. The minimum Gasteiger partial charge on any atom is -0.478 e. The normalized spacial score (nSPS) is 13.9. The summed E-state index contributed by atoms with van der Waals surface area (Å²) >= 11 is 1.66. The van der Waals surface area contributed by atoms with E-state index in [2.05, 4.69) is 17.5 Å². The molecule has 0 saturated heterocycles. The summed E-state index contributed by atoms with van der Waals surface area (Å²) in [5.74, 6) is -0.868. The van der Waals surface area contributed by atoms with Crippen LogP contribution in [0.4, 0.5) is 0 Å². The lowest BCUT2D eigenvalue weighted by Crippen LogP contribution is -2.04. The van der Waals surface area contributed by atoms with E-state index in [1.165, 1.54) is 16.7 Å². The van der Waals surface area contributed by atoms with Gasteiger partial charge < -0.3 is 5.11 Å². The Morgan fingerprint density at radius 2 is 2.17 bits per heavy atom. The molecule has 1 aromatic heterocycles. The molecule has 1 heterocycles. The van der Waals surface area contributed by atoms with Crippen molar-refractivity contribution in [3.63, 3.8) is 0 Å². The van der Waals surface area contributed by atoms with Crippen LogP contribution in [0.5, 0.6) is 0 Å². The van der Waals surface area contributed by atoms with E-state index in [1.54, 1.807) is 23.5 Å². The maximum atomic E-state index is 11.1. The molecule has 2 nitrogen and oxygen atoms in total. The van der Waals surface area contributed by atoms with Crippen molar-refractivity contribution >= 4 is 22.9 Å². The molecule has 3 rings (SSSR count). The van der Waals surface area contributed by atoms with E-state index in [0.29, 0.717) is 5.56 Å². The van der Waals surface area contributed by atoms with Crippen LogP contribution in [0.1, 0.15) is 33.5 Å². The fraction of sp³-hybridized carbons (Fsp3) is 0.133. The summed E-state index contributed by atoms with van der Waals surface area (Å²) in [6.45, 7) is 0. The quantitative estimate of drug-likeness (QED) is 0.886. The number of carboxylic acids is 1. The molecule has 0 saturated carbocycles. The van der Waals surface area contributed by atoms with Gasteiger partial charge in [0.2, 0.25) is 0 Å². The van der Waals surface area contributed by atoms with Crippen LogP contribution < -0.4 is 0 Å². The molecule has 1 aliphatic rings. The Labute approximate surface area is 109 Å². The first-order valence-electron chi connectivity index (χ1n) is 5.85. The molecule has 0 unspecified atom stereocenters. The second-order valence-electron chi connectivity index (χ2n) is 4.35. The summed E-state index contributed by atoms with van der Waals surface area (Å²) in [7, 11) is 0. The molecule has 18 heavy (non-hydrogen) atoms. The van der Waals surface area contributed by atoms with Crippen LogP contribution in [0.15, 0.2) is 41.1 Å². The van der Waals surface area contributed by atoms with E-state index in [-0.39, 0.29) is 0 Å². The number of allylic oxidation sites excluding steroid dienone is 1. The van der Waals surface area contributed by atoms with Crippen LogP contribution in [-0.2, 0) is 6.42 Å². The average molecular weight is 256 g/mol. The molecule has 0 amide bonds. The van der Waals surface area contributed by atoms with Crippen molar-refractivity contribution in [2.24, 2.45) is 0 Å². The zero-order valence-corrected chi connectivity index (χ0v) is 10.5. The second kappa shape index (κ2) is 4.42. The minimum absolute atomic E-state index is 0.358. The maximum Gasteiger partial charge on any atom is 0.335 e. The molecule has 0 radical (unpaired) electrons. The Kier molecular flexibility index (Phi) is 2.76. The van der Waals surface area contributed by atoms with Crippen LogP contribution in [-0.4, -0.2) is 11.1 Å². The topological polar surface area (TPSA) is 37.3 Å². The van der Waals surface area contributed by atoms with Gasteiger partial charge in [0.05, 0.1) is 5.56 Å². The second-order valence-corrected chi connectivity index (χ2v) is 5.13. The summed E-state index contributed by atoms with van der Waals surface area (Å²) in [6.07, 6.45) is 4.21. The van der Waals surface area contributed by atoms with Gasteiger partial charge in [-0.1, -0.05) is 12.1 Å². The van der Waals surface area contributed by atoms with Crippen LogP contribution >= 0.6 is 11.3 Å². The molecular weight excluding hydrogens is 244 g/mol. The lowest BCUT2D eigenvalue weighted by molar-refractivity contribution is 0.0697. The van der Waals surface area contributed by atoms with E-state index in [1.807, 2.05) is 11.4 Å². The van der Waals surface area contributed by atoms with Crippen LogP contribution in [0.3, 0.4) is 0 Å². The van der Waals surface area contributed by atoms with Gasteiger partial charge in [0.15, 0.2) is 0 Å². The number of aryl methyl sites for hydroxylation is 1. The molecule has 1 aliphatic carbocycles. The third-order valence-corrected chi connectivity index (χ3v) is 3.92. The number of rotatable bonds is 2. The molecule has 3 heteroatoms. The maximum absolute atomic E-state index is 11.1. The predicted molar refractivity (Wildman–Crippen MR) is 73.1 cm³/mol. The smallest absolute Gasteiger partial charge is 0.335 e. The lowest BCUT2D eigenvalue weighted by atomic mass is 9.87. The number of carbonyl (C=O) groups is 1. The van der Waals surface area contributed by atoms with Gasteiger partial charge in [-0.15, -0.1) is 0 Å². The summed E-state index contributed by atoms with van der Waals surface area (Å²) in [6, 6.07) is 7.51. The third-order valence-electron chi connectivity index (χ3n) is 3.24. The number of aromatic carboxylic acids is 1. The highest BCUT2D eigenvalue weighted by atomic mass is 32.1. The van der Waals surface area contributed by atoms with Crippen molar-refractivity contribution in [3.8, 4) is 0 Å². The lowest BCUT2D eigenvalue weighted by Gasteiger charge is -2.17. The Hall–Kier alpha value is -1.87. The van der Waals surface area contributed by atoms with Crippen molar-refractivity contribution in [1.29, 1.82) is 0 Å². The molecule has 1 aromatic carbocycles. The SMILES string of the molecule is O=C(O)c1ccc2c(c1)C(c1ccsc1)=CCC2. The standard InChI is InChI=1S/C15H12O2S/c16-15(17)11-5-4-10-2-1-3-13(14(10)8-11)12-6-7-18-9-12/h3-9H,1-2H2,(H,16,17). The fourth-order valence-electron chi connectivity index (χ4n) is 2.35. The highest BCUT2D eigenvalue weighted by Crippen LogP contribution is 2.33. The molecule has 0 spiro atoms. The van der Waals surface area contributed by atoms with Gasteiger partial charge in [-0.25, -0.2) is 4.79 Å². The number of thiophene rings is 1. The molecule has 0 aliphatic heterocycles. The summed E-state index contributed by atoms with van der Waals surface area (Å²) < 4.78 is 0. The molecule has 2 aromatic rings. The first-order valence-corrected chi connectivity index (χ1v) is 6.79. The first-order chi connectivity index (χ1) is 8.75. The Morgan fingerprint density at radius 1 is 1.28 bits per heavy atom. The van der Waals surface area contributed by atoms with Crippen LogP contribution in [0.2, 0.25) is 0 Å². The van der Waals surface area contributed by atoms with E-state index in [0.717, 1.165) is 18.4 Å². The predicted octanol–water partition coefficient (Wildman–Crippen LogP) is 3.82. The van der Waals surface area contributed by atoms with E-state index >= 15 is 0 Å². The first kappa shape index (κ1) is 11.2. The van der Waals surface area contributed by atoms with E-state index < -0.39 is 5.97 Å². The number of fused-ring (bicyclic) bond motifs is 1. The monoisotopic (exact) mass is 256 g/mol. The van der Waals surface area contributed by atoms with Crippen molar-refractivity contribution in [1.82, 2.24) is 0 Å². The third kappa shape index (κ3) is 1.87. The number of hydrogen-bond donors (Lipinski definition) is 1. The number of carboxylic acid groups (broad SMARTS) is 1. The molecule has 0 fully saturated rings. The summed E-state index contributed by atoms with van der Waals surface area (Å²) in [5.41, 5.74) is 5.02. The van der Waals surface area contributed by atoms with E-state index in [9.17, 15) is 4.79 Å². The zero-order chi connectivity index (χ0) is 12.5. The highest BCUT2D eigenvalue weighted by molar-refractivity contribution is 7.08. The van der Waals surface area contributed by atoms with Gasteiger partial charge in [0.25, 0.3) is 0 Å². The highest BCUT2D eigenvalue weighted by Gasteiger charge is 2.16. The van der Waals surface area contributed by atoms with Crippen molar-refractivity contribution in [3.05, 3.63) is 63.4 Å².